The van der Waals surface area contributed by atoms with Crippen molar-refractivity contribution < 1.29 is 23.4 Å². The van der Waals surface area contributed by atoms with Crippen molar-refractivity contribution in [2.24, 2.45) is 5.92 Å². The Balaban J connectivity index is 1.56. The molecule has 0 radical (unpaired) electrons. The van der Waals surface area contributed by atoms with Gasteiger partial charge in [-0.15, -0.1) is 5.10 Å². The molecule has 3 rings (SSSR count). The largest absolute Gasteiger partial charge is 0.497 e. The van der Waals surface area contributed by atoms with Crippen LogP contribution < -0.4 is 9.47 Å². The van der Waals surface area contributed by atoms with Gasteiger partial charge in [-0.1, -0.05) is 0 Å². The Morgan fingerprint density at radius 1 is 1.32 bits per heavy atom. The third-order valence-corrected chi connectivity index (χ3v) is 4.82. The van der Waals surface area contributed by atoms with Crippen LogP contribution in [0.2, 0.25) is 0 Å². The summed E-state index contributed by atoms with van der Waals surface area (Å²) < 4.78 is 23.1. The fourth-order valence-corrected chi connectivity index (χ4v) is 3.33. The second kappa shape index (κ2) is 9.70. The van der Waals surface area contributed by atoms with E-state index < -0.39 is 0 Å². The molecule has 1 aromatic heterocycles. The fourth-order valence-electron chi connectivity index (χ4n) is 3.14. The number of aromatic nitrogens is 2. The number of nitrogens with zero attached hydrogens (tertiary/aromatic N) is 3. The van der Waals surface area contributed by atoms with Gasteiger partial charge < -0.3 is 18.6 Å². The van der Waals surface area contributed by atoms with E-state index in [0.717, 1.165) is 25.1 Å². The Kier molecular flexibility index (Phi) is 7.05. The summed E-state index contributed by atoms with van der Waals surface area (Å²) >= 11 is 5.27. The second-order valence-electron chi connectivity index (χ2n) is 6.54. The lowest BCUT2D eigenvalue weighted by Gasteiger charge is -2.30. The summed E-state index contributed by atoms with van der Waals surface area (Å²) in [6, 6.07) is 7.27. The maximum absolute atomic E-state index is 12.0. The Morgan fingerprint density at radius 3 is 2.79 bits per heavy atom. The van der Waals surface area contributed by atoms with E-state index in [-0.39, 0.29) is 23.3 Å². The summed E-state index contributed by atoms with van der Waals surface area (Å²) in [6.45, 7) is 4.38. The van der Waals surface area contributed by atoms with Crippen molar-refractivity contribution in [1.29, 1.82) is 0 Å². The Hall–Kier alpha value is -2.39. The number of ether oxygens (including phenoxy) is 3. The molecule has 9 heteroatoms. The number of likely N-dealkylation sites (tertiary alicyclic amines) is 1. The molecule has 1 aliphatic rings. The van der Waals surface area contributed by atoms with Gasteiger partial charge in [-0.05, 0) is 62.8 Å². The van der Waals surface area contributed by atoms with E-state index in [1.54, 1.807) is 11.8 Å². The number of carbonyl (C=O) groups is 1. The normalized spacial score (nSPS) is 17.3. The Bertz CT molecular complexity index is 833. The van der Waals surface area contributed by atoms with E-state index in [2.05, 4.69) is 10.00 Å². The van der Waals surface area contributed by atoms with Crippen molar-refractivity contribution in [2.75, 3.05) is 26.8 Å². The summed E-state index contributed by atoms with van der Waals surface area (Å²) in [5.74, 6) is 1.61. The van der Waals surface area contributed by atoms with Crippen LogP contribution in [0, 0.1) is 10.8 Å². The SMILES string of the molecule is CCOC(=O)[C@@H]1CCCN(Cn2nc(COc3ccc(OC)cc3)oc2=S)C1. The zero-order valence-corrected chi connectivity index (χ0v) is 16.9. The summed E-state index contributed by atoms with van der Waals surface area (Å²) in [7, 11) is 1.61. The summed E-state index contributed by atoms with van der Waals surface area (Å²) in [4.78, 5) is 14.4. The predicted molar refractivity (Wildman–Crippen MR) is 104 cm³/mol. The zero-order chi connectivity index (χ0) is 19.9. The van der Waals surface area contributed by atoms with Crippen LogP contribution in [0.5, 0.6) is 11.5 Å². The van der Waals surface area contributed by atoms with E-state index >= 15 is 0 Å². The van der Waals surface area contributed by atoms with Gasteiger partial charge >= 0.3 is 5.97 Å². The predicted octanol–water partition coefficient (Wildman–Crippen LogP) is 3.03. The third kappa shape index (κ3) is 5.32. The molecular weight excluding hydrogens is 382 g/mol. The third-order valence-electron chi connectivity index (χ3n) is 4.53. The highest BCUT2D eigenvalue weighted by molar-refractivity contribution is 7.71. The van der Waals surface area contributed by atoms with Gasteiger partial charge in [0.2, 0.25) is 0 Å². The van der Waals surface area contributed by atoms with Gasteiger partial charge in [0.05, 0.1) is 26.3 Å². The van der Waals surface area contributed by atoms with Crippen LogP contribution in [0.15, 0.2) is 28.7 Å². The molecule has 0 aliphatic carbocycles. The van der Waals surface area contributed by atoms with Crippen molar-refractivity contribution in [3.8, 4) is 11.5 Å². The van der Waals surface area contributed by atoms with Crippen LogP contribution in [0.1, 0.15) is 25.7 Å². The molecular formula is C19H25N3O5S. The quantitative estimate of drug-likeness (QED) is 0.488. The molecule has 0 spiro atoms. The molecule has 28 heavy (non-hydrogen) atoms. The summed E-state index contributed by atoms with van der Waals surface area (Å²) in [5, 5.41) is 4.40. The molecule has 0 N–H and O–H groups in total. The van der Waals surface area contributed by atoms with Crippen LogP contribution in [-0.4, -0.2) is 47.5 Å². The first kappa shape index (κ1) is 20.3. The number of methoxy groups -OCH3 is 1. The van der Waals surface area contributed by atoms with E-state index in [0.29, 0.717) is 31.5 Å². The minimum Gasteiger partial charge on any atom is -0.497 e. The molecule has 2 heterocycles. The van der Waals surface area contributed by atoms with Crippen LogP contribution >= 0.6 is 12.2 Å². The van der Waals surface area contributed by atoms with E-state index in [1.165, 1.54) is 0 Å². The standard InChI is InChI=1S/C19H25N3O5S/c1-3-25-18(23)14-5-4-10-21(11-14)13-22-19(28)27-17(20-22)12-26-16-8-6-15(24-2)7-9-16/h6-9,14H,3-5,10-13H2,1-2H3/t14-/m1/s1. The molecule has 152 valence electrons. The highest BCUT2D eigenvalue weighted by Gasteiger charge is 2.27. The van der Waals surface area contributed by atoms with Crippen molar-refractivity contribution in [2.45, 2.75) is 33.0 Å². The second-order valence-corrected chi connectivity index (χ2v) is 6.88. The van der Waals surface area contributed by atoms with Gasteiger partial charge in [-0.2, -0.15) is 0 Å². The van der Waals surface area contributed by atoms with Crippen molar-refractivity contribution >= 4 is 18.2 Å². The number of hydrogen-bond acceptors (Lipinski definition) is 8. The number of piperidine rings is 1. The van der Waals surface area contributed by atoms with Gasteiger partial charge in [0.25, 0.3) is 10.7 Å². The van der Waals surface area contributed by atoms with Gasteiger partial charge in [0.15, 0.2) is 6.61 Å². The highest BCUT2D eigenvalue weighted by atomic mass is 32.1. The number of hydrogen-bond donors (Lipinski definition) is 0. The summed E-state index contributed by atoms with van der Waals surface area (Å²) in [5.41, 5.74) is 0. The van der Waals surface area contributed by atoms with Crippen molar-refractivity contribution in [3.05, 3.63) is 35.0 Å². The van der Waals surface area contributed by atoms with Crippen molar-refractivity contribution in [1.82, 2.24) is 14.7 Å². The average molecular weight is 407 g/mol. The minimum atomic E-state index is -0.135. The lowest BCUT2D eigenvalue weighted by Crippen LogP contribution is -2.40. The lowest BCUT2D eigenvalue weighted by atomic mass is 9.99. The molecule has 0 amide bonds. The smallest absolute Gasteiger partial charge is 0.310 e. The minimum absolute atomic E-state index is 0.104. The topological polar surface area (TPSA) is 79.0 Å². The monoisotopic (exact) mass is 407 g/mol. The Labute approximate surface area is 169 Å². The molecule has 2 aromatic rings. The number of benzene rings is 1. The van der Waals surface area contributed by atoms with Gasteiger partial charge in [-0.3, -0.25) is 9.69 Å². The maximum atomic E-state index is 12.0. The molecule has 1 atom stereocenters. The van der Waals surface area contributed by atoms with Crippen LogP contribution in [0.4, 0.5) is 0 Å². The van der Waals surface area contributed by atoms with Crippen LogP contribution in [0.25, 0.3) is 0 Å². The first-order chi connectivity index (χ1) is 13.6. The molecule has 1 fully saturated rings. The molecule has 0 bridgehead atoms. The van der Waals surface area contributed by atoms with E-state index in [1.807, 2.05) is 31.2 Å². The Morgan fingerprint density at radius 2 is 2.07 bits per heavy atom. The summed E-state index contributed by atoms with van der Waals surface area (Å²) in [6.07, 6.45) is 1.78. The number of rotatable bonds is 8. The van der Waals surface area contributed by atoms with Gasteiger partial charge in [-0.25, -0.2) is 4.68 Å². The molecule has 0 saturated carbocycles. The highest BCUT2D eigenvalue weighted by Crippen LogP contribution is 2.20. The zero-order valence-electron chi connectivity index (χ0n) is 16.1. The maximum Gasteiger partial charge on any atom is 0.310 e. The first-order valence-corrected chi connectivity index (χ1v) is 9.72. The van der Waals surface area contributed by atoms with E-state index in [9.17, 15) is 4.79 Å². The number of carbonyl (C=O) groups excluding carboxylic acids is 1. The van der Waals surface area contributed by atoms with Gasteiger partial charge in [0, 0.05) is 6.54 Å². The fraction of sp³-hybridized carbons (Fsp3) is 0.526. The number of esters is 1. The lowest BCUT2D eigenvalue weighted by molar-refractivity contribution is -0.150. The molecule has 8 nitrogen and oxygen atoms in total. The molecule has 1 aliphatic heterocycles. The van der Waals surface area contributed by atoms with E-state index in [4.69, 9.17) is 30.8 Å². The van der Waals surface area contributed by atoms with Gasteiger partial charge in [0.1, 0.15) is 11.5 Å². The average Bonchev–Trinajstić information content (AvgIpc) is 3.06. The van der Waals surface area contributed by atoms with Crippen molar-refractivity contribution in [3.63, 3.8) is 0 Å². The molecule has 1 saturated heterocycles. The molecule has 1 aromatic carbocycles. The molecule has 0 unspecified atom stereocenters. The van der Waals surface area contributed by atoms with Crippen LogP contribution in [-0.2, 0) is 22.8 Å². The van der Waals surface area contributed by atoms with Crippen LogP contribution in [0.3, 0.4) is 0 Å². The first-order valence-electron chi connectivity index (χ1n) is 9.31.